The van der Waals surface area contributed by atoms with Crippen LogP contribution in [0.1, 0.15) is 5.56 Å². The van der Waals surface area contributed by atoms with Crippen LogP contribution in [-0.2, 0) is 14.8 Å². The molecule has 0 aliphatic carbocycles. The quantitative estimate of drug-likeness (QED) is 0.527. The van der Waals surface area contributed by atoms with Gasteiger partial charge in [0.05, 0.1) is 10.6 Å². The van der Waals surface area contributed by atoms with Crippen molar-refractivity contribution >= 4 is 49.8 Å². The van der Waals surface area contributed by atoms with Crippen LogP contribution in [0, 0.1) is 6.92 Å². The van der Waals surface area contributed by atoms with Crippen molar-refractivity contribution in [2.45, 2.75) is 16.2 Å². The summed E-state index contributed by atoms with van der Waals surface area (Å²) in [6, 6.07) is 11.5. The Morgan fingerprint density at radius 2 is 1.93 bits per heavy atom. The molecule has 1 N–H and O–H groups in total. The molecule has 1 amide bonds. The van der Waals surface area contributed by atoms with Crippen LogP contribution in [-0.4, -0.2) is 37.1 Å². The molecule has 9 nitrogen and oxygen atoms in total. The van der Waals surface area contributed by atoms with Gasteiger partial charge < -0.3 is 24.6 Å². The topological polar surface area (TPSA) is 122 Å². The zero-order valence-corrected chi connectivity index (χ0v) is 18.0. The monoisotopic (exact) mass is 463 g/mol. The van der Waals surface area contributed by atoms with E-state index >= 15 is 0 Å². The Bertz CT molecular complexity index is 1180. The van der Waals surface area contributed by atoms with Gasteiger partial charge in [0, 0.05) is 16.9 Å². The molecule has 0 unspecified atom stereocenters. The van der Waals surface area contributed by atoms with E-state index in [0.29, 0.717) is 21.5 Å². The smallest absolute Gasteiger partial charge is 0.234 e. The molecule has 0 fully saturated rings. The first kappa shape index (κ1) is 20.4. The number of rotatable bonds is 7. The second-order valence-corrected chi connectivity index (χ2v) is 9.92. The normalized spacial score (nSPS) is 12.6. The minimum Gasteiger partial charge on any atom is -0.454 e. The summed E-state index contributed by atoms with van der Waals surface area (Å²) in [6.07, 6.45) is 0. The summed E-state index contributed by atoms with van der Waals surface area (Å²) in [7, 11) is -3.87. The molecule has 0 bridgehead atoms. The number of anilines is 1. The molecule has 30 heavy (non-hydrogen) atoms. The minimum absolute atomic E-state index is 0.00857. The maximum Gasteiger partial charge on any atom is 0.234 e. The highest BCUT2D eigenvalue weighted by atomic mass is 32.2. The number of sulfonamides is 1. The van der Waals surface area contributed by atoms with Crippen molar-refractivity contribution in [2.75, 3.05) is 17.9 Å². The lowest BCUT2D eigenvalue weighted by Crippen LogP contribution is -2.13. The molecule has 2 aromatic carbocycles. The number of nitrogens with one attached hydrogen (secondary N) is 1. The number of aryl methyl sites for hydroxylation is 1. The van der Waals surface area contributed by atoms with Crippen molar-refractivity contribution in [2.24, 2.45) is 0 Å². The molecule has 156 valence electrons. The Labute approximate surface area is 180 Å². The van der Waals surface area contributed by atoms with Gasteiger partial charge in [-0.2, -0.15) is 0 Å². The van der Waals surface area contributed by atoms with E-state index in [2.05, 4.69) is 20.2 Å². The first-order chi connectivity index (χ1) is 14.4. The number of hydrogen-bond acceptors (Lipinski definition) is 9. The van der Waals surface area contributed by atoms with Crippen LogP contribution in [0.4, 0.5) is 10.8 Å². The van der Waals surface area contributed by atoms with Gasteiger partial charge in [-0.1, -0.05) is 29.5 Å². The third-order valence-corrected chi connectivity index (χ3v) is 7.24. The summed E-state index contributed by atoms with van der Waals surface area (Å²) in [5.74, 6) is 1.03. The molecule has 0 radical (unpaired) electrons. The molecule has 0 saturated carbocycles. The number of carbonyl (C=O) groups is 1. The molecule has 0 saturated heterocycles. The van der Waals surface area contributed by atoms with Crippen LogP contribution >= 0.6 is 23.1 Å². The minimum atomic E-state index is -3.87. The van der Waals surface area contributed by atoms with Crippen LogP contribution in [0.2, 0.25) is 0 Å². The SMILES string of the molecule is Cc1ccc(S(=O)(=O)[N-]c2nnc(SCC(=O)Nc3ccc4c(c3)OCO4)s2)cc1. The van der Waals surface area contributed by atoms with E-state index in [-0.39, 0.29) is 28.5 Å². The summed E-state index contributed by atoms with van der Waals surface area (Å²) >= 11 is 2.14. The zero-order chi connectivity index (χ0) is 21.1. The standard InChI is InChI=1S/C18H16N4O5S3/c1-11-2-5-13(6-3-11)30(24,25)22-17-20-21-18(29-17)28-9-16(23)19-12-4-7-14-15(8-12)27-10-26-14/h2-8H,9-10H2,1H3,(H2,19,20,22,23)/p-1. The maximum atomic E-state index is 12.4. The van der Waals surface area contributed by atoms with Gasteiger partial charge in [-0.05, 0) is 31.2 Å². The Hall–Kier alpha value is -2.83. The van der Waals surface area contributed by atoms with Crippen molar-refractivity contribution < 1.29 is 22.7 Å². The van der Waals surface area contributed by atoms with Gasteiger partial charge in [-0.25, -0.2) is 13.5 Å². The van der Waals surface area contributed by atoms with Gasteiger partial charge in [0.2, 0.25) is 22.7 Å². The second kappa shape index (κ2) is 8.50. The predicted molar refractivity (Wildman–Crippen MR) is 113 cm³/mol. The molecular formula is C18H15N4O5S3-. The third kappa shape index (κ3) is 4.83. The second-order valence-electron chi connectivity index (χ2n) is 6.13. The maximum absolute atomic E-state index is 12.4. The van der Waals surface area contributed by atoms with E-state index in [1.54, 1.807) is 30.3 Å². The fourth-order valence-corrected chi connectivity index (χ4v) is 5.11. The molecule has 12 heteroatoms. The molecule has 2 heterocycles. The highest BCUT2D eigenvalue weighted by Gasteiger charge is 2.15. The molecule has 1 aliphatic heterocycles. The Kier molecular flexibility index (Phi) is 5.79. The van der Waals surface area contributed by atoms with Crippen molar-refractivity contribution in [1.82, 2.24) is 10.2 Å². The summed E-state index contributed by atoms with van der Waals surface area (Å²) < 4.78 is 39.4. The zero-order valence-electron chi connectivity index (χ0n) is 15.6. The van der Waals surface area contributed by atoms with E-state index in [4.69, 9.17) is 9.47 Å². The highest BCUT2D eigenvalue weighted by Crippen LogP contribution is 2.35. The fourth-order valence-electron chi connectivity index (χ4n) is 2.46. The number of nitrogens with zero attached hydrogens (tertiary/aromatic N) is 3. The molecule has 1 aliphatic rings. The van der Waals surface area contributed by atoms with Gasteiger partial charge in [0.25, 0.3) is 0 Å². The molecule has 0 spiro atoms. The van der Waals surface area contributed by atoms with Gasteiger partial charge >= 0.3 is 0 Å². The van der Waals surface area contributed by atoms with E-state index in [1.807, 2.05) is 6.92 Å². The van der Waals surface area contributed by atoms with Gasteiger partial charge in [-0.15, -0.1) is 11.3 Å². The number of aromatic nitrogens is 2. The first-order valence-electron chi connectivity index (χ1n) is 8.59. The van der Waals surface area contributed by atoms with Crippen molar-refractivity contribution in [3.8, 4) is 11.5 Å². The summed E-state index contributed by atoms with van der Waals surface area (Å²) in [5.41, 5.74) is 1.53. The van der Waals surface area contributed by atoms with Crippen molar-refractivity contribution in [3.63, 3.8) is 0 Å². The lowest BCUT2D eigenvalue weighted by Gasteiger charge is -2.11. The number of ether oxygens (including phenoxy) is 2. The van der Waals surface area contributed by atoms with Gasteiger partial charge in [-0.3, -0.25) is 4.79 Å². The highest BCUT2D eigenvalue weighted by molar-refractivity contribution is 8.01. The van der Waals surface area contributed by atoms with Crippen molar-refractivity contribution in [1.29, 1.82) is 0 Å². The number of thioether (sulfide) groups is 1. The Balaban J connectivity index is 1.32. The molecule has 1 aromatic heterocycles. The fraction of sp³-hybridized carbons (Fsp3) is 0.167. The van der Waals surface area contributed by atoms with E-state index in [1.165, 1.54) is 12.1 Å². The summed E-state index contributed by atoms with van der Waals surface area (Å²) in [4.78, 5) is 12.3. The predicted octanol–water partition coefficient (Wildman–Crippen LogP) is 3.70. The Morgan fingerprint density at radius 3 is 2.73 bits per heavy atom. The van der Waals surface area contributed by atoms with Crippen LogP contribution in [0.3, 0.4) is 0 Å². The number of carbonyl (C=O) groups excluding carboxylic acids is 1. The van der Waals surface area contributed by atoms with E-state index < -0.39 is 10.0 Å². The van der Waals surface area contributed by atoms with Crippen LogP contribution in [0.15, 0.2) is 51.7 Å². The van der Waals surface area contributed by atoms with E-state index in [0.717, 1.165) is 28.7 Å². The summed E-state index contributed by atoms with van der Waals surface area (Å²) in [5, 5.41) is 10.4. The molecular weight excluding hydrogens is 448 g/mol. The largest absolute Gasteiger partial charge is 0.454 e. The molecule has 4 rings (SSSR count). The Morgan fingerprint density at radius 1 is 1.17 bits per heavy atom. The summed E-state index contributed by atoms with van der Waals surface area (Å²) in [6.45, 7) is 2.02. The van der Waals surface area contributed by atoms with Crippen LogP contribution in [0.25, 0.3) is 4.72 Å². The average Bonchev–Trinajstić information content (AvgIpc) is 3.35. The van der Waals surface area contributed by atoms with Gasteiger partial charge in [0.1, 0.15) is 4.34 Å². The van der Waals surface area contributed by atoms with Gasteiger partial charge in [0.15, 0.2) is 11.5 Å². The van der Waals surface area contributed by atoms with Crippen LogP contribution in [0.5, 0.6) is 11.5 Å². The molecule has 0 atom stereocenters. The molecule has 3 aromatic rings. The number of hydrogen-bond donors (Lipinski definition) is 1. The van der Waals surface area contributed by atoms with Crippen molar-refractivity contribution in [3.05, 3.63) is 52.8 Å². The number of fused-ring (bicyclic) bond motifs is 1. The lowest BCUT2D eigenvalue weighted by atomic mass is 10.2. The van der Waals surface area contributed by atoms with Crippen LogP contribution < -0.4 is 14.8 Å². The third-order valence-electron chi connectivity index (χ3n) is 3.90. The van der Waals surface area contributed by atoms with E-state index in [9.17, 15) is 13.2 Å². The lowest BCUT2D eigenvalue weighted by molar-refractivity contribution is -0.113. The average molecular weight is 464 g/mol. The number of benzene rings is 2. The first-order valence-corrected chi connectivity index (χ1v) is 11.8. The number of amides is 1.